The normalized spacial score (nSPS) is 15.6. The zero-order chi connectivity index (χ0) is 13.3. The lowest BCUT2D eigenvalue weighted by molar-refractivity contribution is 0.0459. The first-order valence-corrected chi connectivity index (χ1v) is 7.21. The van der Waals surface area contributed by atoms with Crippen LogP contribution in [-0.2, 0) is 14.8 Å². The van der Waals surface area contributed by atoms with Crippen LogP contribution in [0.25, 0.3) is 0 Å². The predicted octanol–water partition coefficient (Wildman–Crippen LogP) is 4.03. The third-order valence-electron chi connectivity index (χ3n) is 2.11. The molecule has 3 nitrogen and oxygen atoms in total. The maximum Gasteiger partial charge on any atom is 0.401 e. The summed E-state index contributed by atoms with van der Waals surface area (Å²) in [6.45, 7) is 2.85. The lowest BCUT2D eigenvalue weighted by Gasteiger charge is -2.22. The monoisotopic (exact) mass is 328 g/mol. The highest BCUT2D eigenvalue weighted by Gasteiger charge is 2.53. The lowest BCUT2D eigenvalue weighted by Crippen LogP contribution is -2.16. The van der Waals surface area contributed by atoms with Crippen molar-refractivity contribution in [2.24, 2.45) is 0 Å². The third kappa shape index (κ3) is 2.94. The summed E-state index contributed by atoms with van der Waals surface area (Å²) in [6.07, 6.45) is 0. The maximum absolute atomic E-state index is 13.8. The highest BCUT2D eigenvalue weighted by molar-refractivity contribution is 9.10. The highest BCUT2D eigenvalue weighted by Crippen LogP contribution is 2.63. The molecular weight excluding hydrogens is 317 g/mol. The Morgan fingerprint density at radius 1 is 1.53 bits per heavy atom. The molecule has 0 aliphatic carbocycles. The molecule has 1 aromatic carbocycles. The van der Waals surface area contributed by atoms with Crippen molar-refractivity contribution >= 4 is 23.5 Å². The van der Waals surface area contributed by atoms with Gasteiger partial charge >= 0.3 is 13.3 Å². The van der Waals surface area contributed by atoms with Crippen LogP contribution in [0.2, 0.25) is 0 Å². The van der Waals surface area contributed by atoms with Crippen LogP contribution in [-0.4, -0.2) is 11.5 Å². The van der Waals surface area contributed by atoms with Crippen molar-refractivity contribution in [2.45, 2.75) is 19.5 Å². The van der Waals surface area contributed by atoms with Gasteiger partial charge in [0.25, 0.3) is 0 Å². The Kier molecular flexibility index (Phi) is 4.47. The van der Waals surface area contributed by atoms with E-state index in [1.165, 1.54) is 19.1 Å². The molecule has 1 rings (SSSR count). The predicted molar refractivity (Wildman–Crippen MR) is 64.2 cm³/mol. The summed E-state index contributed by atoms with van der Waals surface area (Å²) >= 11 is 2.96. The van der Waals surface area contributed by atoms with Crippen molar-refractivity contribution in [3.8, 4) is 0 Å². The lowest BCUT2D eigenvalue weighted by atomic mass is 10.1. The molecule has 0 aliphatic heterocycles. The molecule has 17 heavy (non-hydrogen) atoms. The number of benzene rings is 1. The average Bonchev–Trinajstić information content (AvgIpc) is 2.16. The van der Waals surface area contributed by atoms with E-state index in [1.807, 2.05) is 0 Å². The molecule has 1 aromatic rings. The summed E-state index contributed by atoms with van der Waals surface area (Å²) in [5.41, 5.74) is -3.72. The molecule has 0 bridgehead atoms. The summed E-state index contributed by atoms with van der Waals surface area (Å²) in [5, 5.41) is 0. The number of rotatable bonds is 4. The van der Waals surface area contributed by atoms with E-state index in [9.17, 15) is 18.2 Å². The van der Waals surface area contributed by atoms with Gasteiger partial charge in [0.15, 0.2) is 0 Å². The molecule has 0 amide bonds. The van der Waals surface area contributed by atoms with Gasteiger partial charge < -0.3 is 9.42 Å². The van der Waals surface area contributed by atoms with E-state index >= 15 is 0 Å². The molecule has 1 N–H and O–H groups in total. The summed E-state index contributed by atoms with van der Waals surface area (Å²) in [5.74, 6) is 0. The van der Waals surface area contributed by atoms with Gasteiger partial charge in [0, 0.05) is 10.0 Å². The molecule has 1 unspecified atom stereocenters. The molecule has 0 aromatic heterocycles. The quantitative estimate of drug-likeness (QED) is 0.849. The number of halogens is 3. The van der Waals surface area contributed by atoms with Gasteiger partial charge in [-0.05, 0) is 25.5 Å². The largest absolute Gasteiger partial charge is 0.401 e. The molecule has 0 spiro atoms. The molecule has 0 radical (unpaired) electrons. The van der Waals surface area contributed by atoms with E-state index in [4.69, 9.17) is 0 Å². The Balaban J connectivity index is 3.25. The minimum absolute atomic E-state index is 0.0801. The molecule has 7 heteroatoms. The van der Waals surface area contributed by atoms with Crippen LogP contribution in [0.1, 0.15) is 18.1 Å². The number of alkyl halides is 2. The first-order valence-electron chi connectivity index (χ1n) is 4.84. The molecule has 96 valence electrons. The van der Waals surface area contributed by atoms with Gasteiger partial charge in [-0.3, -0.25) is 4.57 Å². The third-order valence-corrected chi connectivity index (χ3v) is 4.32. The van der Waals surface area contributed by atoms with Crippen LogP contribution in [0, 0.1) is 6.92 Å². The topological polar surface area (TPSA) is 46.5 Å². The van der Waals surface area contributed by atoms with Crippen molar-refractivity contribution < 1.29 is 22.8 Å². The Morgan fingerprint density at radius 2 is 2.12 bits per heavy atom. The second-order valence-electron chi connectivity index (χ2n) is 3.46. The van der Waals surface area contributed by atoms with Crippen LogP contribution in [0.5, 0.6) is 0 Å². The van der Waals surface area contributed by atoms with Crippen LogP contribution >= 0.6 is 23.5 Å². The summed E-state index contributed by atoms with van der Waals surface area (Å²) in [6, 6.07) is 4.01. The van der Waals surface area contributed by atoms with E-state index in [-0.39, 0.29) is 11.1 Å². The Labute approximate surface area is 106 Å². The Hall–Kier alpha value is -0.290. The Morgan fingerprint density at radius 3 is 2.59 bits per heavy atom. The van der Waals surface area contributed by atoms with Gasteiger partial charge in [-0.2, -0.15) is 8.78 Å². The van der Waals surface area contributed by atoms with Crippen LogP contribution in [0.4, 0.5) is 8.78 Å². The molecule has 0 heterocycles. The fraction of sp³-hybridized carbons (Fsp3) is 0.400. The SMILES string of the molecule is CCOP(=O)(O)C(F)(F)c1ccc(C)cc1Br. The molecule has 0 aliphatic rings. The van der Waals surface area contributed by atoms with Crippen molar-refractivity contribution in [3.63, 3.8) is 0 Å². The van der Waals surface area contributed by atoms with Gasteiger partial charge in [-0.25, -0.2) is 0 Å². The van der Waals surface area contributed by atoms with E-state index < -0.39 is 18.8 Å². The molecule has 0 saturated carbocycles. The molecule has 0 saturated heterocycles. The van der Waals surface area contributed by atoms with Gasteiger partial charge in [0.2, 0.25) is 0 Å². The van der Waals surface area contributed by atoms with Crippen molar-refractivity contribution in [3.05, 3.63) is 33.8 Å². The molecular formula is C10H12BrF2O3P. The van der Waals surface area contributed by atoms with Crippen molar-refractivity contribution in [1.82, 2.24) is 0 Å². The smallest absolute Gasteiger partial charge is 0.320 e. The second kappa shape index (κ2) is 5.14. The second-order valence-corrected chi connectivity index (χ2v) is 6.18. The summed E-state index contributed by atoms with van der Waals surface area (Å²) < 4.78 is 43.5. The van der Waals surface area contributed by atoms with Crippen LogP contribution < -0.4 is 0 Å². The minimum atomic E-state index is -5.02. The molecule has 1 atom stereocenters. The van der Waals surface area contributed by atoms with E-state index in [2.05, 4.69) is 20.5 Å². The van der Waals surface area contributed by atoms with Crippen molar-refractivity contribution in [1.29, 1.82) is 0 Å². The summed E-state index contributed by atoms with van der Waals surface area (Å²) in [7, 11) is -5.02. The Bertz CT molecular complexity index is 465. The van der Waals surface area contributed by atoms with E-state index in [1.54, 1.807) is 6.92 Å². The van der Waals surface area contributed by atoms with Crippen molar-refractivity contribution in [2.75, 3.05) is 6.61 Å². The highest BCUT2D eigenvalue weighted by atomic mass is 79.9. The summed E-state index contributed by atoms with van der Waals surface area (Å²) in [4.78, 5) is 9.25. The first kappa shape index (κ1) is 14.8. The number of aryl methyl sites for hydroxylation is 1. The molecule has 0 fully saturated rings. The standard InChI is InChI=1S/C10H12BrF2O3P/c1-3-16-17(14,15)10(12,13)8-5-4-7(2)6-9(8)11/h4-6H,3H2,1-2H3,(H,14,15). The fourth-order valence-corrected chi connectivity index (χ4v) is 3.18. The zero-order valence-corrected chi connectivity index (χ0v) is 11.8. The van der Waals surface area contributed by atoms with Gasteiger partial charge in [0.05, 0.1) is 6.61 Å². The van der Waals surface area contributed by atoms with E-state index in [0.717, 1.165) is 11.6 Å². The van der Waals surface area contributed by atoms with Crippen LogP contribution in [0.3, 0.4) is 0 Å². The minimum Gasteiger partial charge on any atom is -0.320 e. The van der Waals surface area contributed by atoms with Crippen LogP contribution in [0.15, 0.2) is 22.7 Å². The van der Waals surface area contributed by atoms with Gasteiger partial charge in [-0.15, -0.1) is 0 Å². The first-order chi connectivity index (χ1) is 7.72. The fourth-order valence-electron chi connectivity index (χ4n) is 1.27. The van der Waals surface area contributed by atoms with Gasteiger partial charge in [0.1, 0.15) is 0 Å². The van der Waals surface area contributed by atoms with E-state index in [0.29, 0.717) is 0 Å². The average molecular weight is 329 g/mol. The number of hydrogen-bond acceptors (Lipinski definition) is 2. The zero-order valence-electron chi connectivity index (χ0n) is 9.28. The number of hydrogen-bond donors (Lipinski definition) is 1. The maximum atomic E-state index is 13.8. The van der Waals surface area contributed by atoms with Gasteiger partial charge in [-0.1, -0.05) is 28.1 Å².